The molecule has 258 valence electrons. The maximum Gasteiger partial charge on any atom is 0.508 e. The van der Waals surface area contributed by atoms with E-state index in [1.807, 2.05) is 36.4 Å². The van der Waals surface area contributed by atoms with E-state index in [4.69, 9.17) is 33.7 Å². The van der Waals surface area contributed by atoms with Crippen LogP contribution in [0.3, 0.4) is 0 Å². The predicted octanol–water partition coefficient (Wildman–Crippen LogP) is 5.89. The Morgan fingerprint density at radius 3 is 1.72 bits per heavy atom. The van der Waals surface area contributed by atoms with Gasteiger partial charge in [-0.1, -0.05) is 79.9 Å². The average molecular weight is 678 g/mol. The highest BCUT2D eigenvalue weighted by molar-refractivity contribution is 7.52. The van der Waals surface area contributed by atoms with Crippen LogP contribution in [0.1, 0.15) is 56.1 Å². The van der Waals surface area contributed by atoms with Gasteiger partial charge in [0.2, 0.25) is 5.96 Å². The Kier molecular flexibility index (Phi) is 16.0. The Balaban J connectivity index is 1.52. The minimum atomic E-state index is -4.29. The first kappa shape index (κ1) is 37.3. The van der Waals surface area contributed by atoms with Crippen LogP contribution in [-0.2, 0) is 50.6 Å². The zero-order valence-corrected chi connectivity index (χ0v) is 27.5. The maximum atomic E-state index is 13.7. The van der Waals surface area contributed by atoms with E-state index < -0.39 is 32.1 Å². The molecule has 1 atom stereocenters. The van der Waals surface area contributed by atoms with Gasteiger partial charge in [-0.05, 0) is 29.9 Å². The van der Waals surface area contributed by atoms with Gasteiger partial charge in [0.1, 0.15) is 19.3 Å². The number of carbonyl (C=O) groups excluding carboxylic acids is 2. The van der Waals surface area contributed by atoms with Gasteiger partial charge in [0.15, 0.2) is 0 Å². The lowest BCUT2D eigenvalue weighted by Crippen LogP contribution is -2.50. The van der Waals surface area contributed by atoms with Crippen LogP contribution in [0.5, 0.6) is 0 Å². The standard InChI is InChI=1S/C32H44N3O11P/c1-35(28(29(36)37)27-17-9-4-10-18-27)30(33)34-47(40,45-21-11-19-41-31(38)43-23-25-13-5-2-6-14-25)46-22-12-20-42-32(39)44-24-26-15-7-3-8-16-26/h2-3,5-8,13-16,27-28H,4,9-12,17-24H2,1H3,(H,36,37)(H2,33,34,40). The molecule has 3 rings (SSSR count). The molecule has 0 aliphatic heterocycles. The highest BCUT2D eigenvalue weighted by Crippen LogP contribution is 2.50. The van der Waals surface area contributed by atoms with Crippen molar-refractivity contribution in [3.05, 3.63) is 71.8 Å². The Bertz CT molecular complexity index is 1250. The Morgan fingerprint density at radius 1 is 0.809 bits per heavy atom. The van der Waals surface area contributed by atoms with Crippen molar-refractivity contribution < 1.29 is 52.1 Å². The molecule has 2 aromatic carbocycles. The number of hydrogen-bond donors (Lipinski definition) is 2. The summed E-state index contributed by atoms with van der Waals surface area (Å²) < 4.78 is 48.8. The summed E-state index contributed by atoms with van der Waals surface area (Å²) in [5.41, 5.74) is 7.76. The second-order valence-electron chi connectivity index (χ2n) is 10.8. The molecule has 0 saturated heterocycles. The fourth-order valence-corrected chi connectivity index (χ4v) is 6.17. The summed E-state index contributed by atoms with van der Waals surface area (Å²) in [7, 11) is -2.82. The zero-order chi connectivity index (χ0) is 33.9. The molecule has 15 heteroatoms. The van der Waals surface area contributed by atoms with E-state index in [2.05, 4.69) is 4.76 Å². The summed E-state index contributed by atoms with van der Waals surface area (Å²) in [4.78, 5) is 37.3. The molecule has 1 aliphatic rings. The molecule has 1 unspecified atom stereocenters. The summed E-state index contributed by atoms with van der Waals surface area (Å²) in [5.74, 6) is -1.55. The highest BCUT2D eigenvalue weighted by atomic mass is 31.2. The van der Waals surface area contributed by atoms with Crippen molar-refractivity contribution in [2.75, 3.05) is 33.5 Å². The number of nitrogens with two attached hydrogens (primary N) is 1. The first-order valence-corrected chi connectivity index (χ1v) is 17.0. The molecule has 0 spiro atoms. The number of rotatable bonds is 18. The van der Waals surface area contributed by atoms with E-state index in [0.717, 1.165) is 43.2 Å². The summed E-state index contributed by atoms with van der Waals surface area (Å²) in [6.45, 7) is -0.502. The van der Waals surface area contributed by atoms with Gasteiger partial charge in [0.05, 0.1) is 26.4 Å². The third-order valence-corrected chi connectivity index (χ3v) is 8.75. The first-order valence-electron chi connectivity index (χ1n) is 15.5. The second-order valence-corrected chi connectivity index (χ2v) is 12.5. The van der Waals surface area contributed by atoms with Crippen LogP contribution >= 0.6 is 7.75 Å². The van der Waals surface area contributed by atoms with Gasteiger partial charge >= 0.3 is 26.0 Å². The van der Waals surface area contributed by atoms with Crippen molar-refractivity contribution in [3.63, 3.8) is 0 Å². The van der Waals surface area contributed by atoms with Crippen LogP contribution in [0.15, 0.2) is 65.4 Å². The minimum Gasteiger partial charge on any atom is -0.480 e. The molecule has 0 radical (unpaired) electrons. The molecule has 0 aromatic heterocycles. The summed E-state index contributed by atoms with van der Waals surface area (Å²) in [6, 6.07) is 17.2. The summed E-state index contributed by atoms with van der Waals surface area (Å²) in [5, 5.41) is 9.95. The SMILES string of the molecule is CN(C(N)=NP(=O)(OCCCOC(=O)OCc1ccccc1)OCCCOC(=O)OCc1ccccc1)C(C(=O)O)C1CCCCC1. The second kappa shape index (κ2) is 20.2. The molecular formula is C32H44N3O11P. The van der Waals surface area contributed by atoms with Gasteiger partial charge in [-0.2, -0.15) is 0 Å². The van der Waals surface area contributed by atoms with Crippen molar-refractivity contribution in [3.8, 4) is 0 Å². The van der Waals surface area contributed by atoms with Crippen molar-refractivity contribution >= 4 is 32.0 Å². The van der Waals surface area contributed by atoms with E-state index in [9.17, 15) is 24.1 Å². The number of benzene rings is 2. The van der Waals surface area contributed by atoms with Gasteiger partial charge in [0, 0.05) is 19.9 Å². The van der Waals surface area contributed by atoms with E-state index in [1.54, 1.807) is 24.3 Å². The van der Waals surface area contributed by atoms with E-state index in [0.29, 0.717) is 0 Å². The van der Waals surface area contributed by atoms with Gasteiger partial charge in [-0.3, -0.25) is 9.05 Å². The van der Waals surface area contributed by atoms with Crippen LogP contribution in [-0.4, -0.2) is 73.8 Å². The monoisotopic (exact) mass is 677 g/mol. The lowest BCUT2D eigenvalue weighted by molar-refractivity contribution is -0.143. The van der Waals surface area contributed by atoms with Crippen molar-refractivity contribution in [2.45, 2.75) is 64.2 Å². The molecule has 1 aliphatic carbocycles. The summed E-state index contributed by atoms with van der Waals surface area (Å²) >= 11 is 0. The van der Waals surface area contributed by atoms with Gasteiger partial charge in [-0.15, -0.1) is 4.76 Å². The Labute approximate surface area is 274 Å². The number of nitrogens with zero attached hydrogens (tertiary/aromatic N) is 2. The van der Waals surface area contributed by atoms with Crippen LogP contribution in [0.4, 0.5) is 9.59 Å². The van der Waals surface area contributed by atoms with Crippen molar-refractivity contribution in [1.82, 2.24) is 4.90 Å². The lowest BCUT2D eigenvalue weighted by atomic mass is 9.83. The molecule has 47 heavy (non-hydrogen) atoms. The quantitative estimate of drug-likeness (QED) is 0.0626. The molecule has 3 N–H and O–H groups in total. The molecule has 14 nitrogen and oxygen atoms in total. The van der Waals surface area contributed by atoms with Crippen LogP contribution in [0.2, 0.25) is 0 Å². The zero-order valence-electron chi connectivity index (χ0n) is 26.6. The first-order chi connectivity index (χ1) is 22.7. The number of ether oxygens (including phenoxy) is 4. The predicted molar refractivity (Wildman–Crippen MR) is 171 cm³/mol. The maximum absolute atomic E-state index is 13.7. The van der Waals surface area contributed by atoms with Crippen molar-refractivity contribution in [1.29, 1.82) is 0 Å². The number of aliphatic carboxylic acids is 1. The largest absolute Gasteiger partial charge is 0.508 e. The van der Waals surface area contributed by atoms with Crippen LogP contribution in [0, 0.1) is 5.92 Å². The van der Waals surface area contributed by atoms with Crippen LogP contribution < -0.4 is 5.73 Å². The molecule has 2 aromatic rings. The smallest absolute Gasteiger partial charge is 0.480 e. The molecular weight excluding hydrogens is 633 g/mol. The van der Waals surface area contributed by atoms with Crippen molar-refractivity contribution in [2.24, 2.45) is 16.4 Å². The normalized spacial score (nSPS) is 14.5. The van der Waals surface area contributed by atoms with Gasteiger partial charge in [-0.25, -0.2) is 18.9 Å². The third kappa shape index (κ3) is 14.0. The molecule has 1 saturated carbocycles. The van der Waals surface area contributed by atoms with Gasteiger partial charge in [0.25, 0.3) is 0 Å². The third-order valence-electron chi connectivity index (χ3n) is 7.28. The number of carboxylic acids is 1. The number of hydrogen-bond acceptors (Lipinski definition) is 10. The number of carboxylic acid groups (broad SMARTS) is 1. The topological polar surface area (TPSA) is 186 Å². The average Bonchev–Trinajstić information content (AvgIpc) is 3.07. The van der Waals surface area contributed by atoms with E-state index >= 15 is 0 Å². The Hall–Kier alpha value is -4.13. The highest BCUT2D eigenvalue weighted by Gasteiger charge is 2.35. The lowest BCUT2D eigenvalue weighted by Gasteiger charge is -2.34. The van der Waals surface area contributed by atoms with Gasteiger partial charge < -0.3 is 34.7 Å². The molecule has 0 heterocycles. The number of carbonyl (C=O) groups is 3. The fourth-order valence-electron chi connectivity index (χ4n) is 4.87. The Morgan fingerprint density at radius 2 is 1.28 bits per heavy atom. The number of guanidine groups is 1. The van der Waals surface area contributed by atoms with Crippen LogP contribution in [0.25, 0.3) is 0 Å². The molecule has 0 amide bonds. The van der Waals surface area contributed by atoms with E-state index in [1.165, 1.54) is 11.9 Å². The molecule has 1 fully saturated rings. The molecule has 0 bridgehead atoms. The number of likely N-dealkylation sites (N-methyl/N-ethyl adjacent to an activating group) is 1. The van der Waals surface area contributed by atoms with E-state index in [-0.39, 0.29) is 64.4 Å². The minimum absolute atomic E-state index is 0.0490. The fraction of sp³-hybridized carbons (Fsp3) is 0.500. The summed E-state index contributed by atoms with van der Waals surface area (Å²) in [6.07, 6.45) is 2.80.